The molecule has 2 aliphatic carbocycles. The maximum absolute atomic E-state index is 12.1. The first kappa shape index (κ1) is 23.6. The third-order valence-electron chi connectivity index (χ3n) is 7.75. The summed E-state index contributed by atoms with van der Waals surface area (Å²) in [5, 5.41) is 12.4. The van der Waals surface area contributed by atoms with Crippen molar-refractivity contribution in [3.8, 4) is 0 Å². The number of alkyl halides is 2. The van der Waals surface area contributed by atoms with Crippen LogP contribution in [-0.4, -0.2) is 46.4 Å². The molecule has 3 aliphatic rings. The fraction of sp³-hybridized carbons (Fsp3) is 0.773. The molecule has 30 heavy (non-hydrogen) atoms. The van der Waals surface area contributed by atoms with Crippen LogP contribution in [0.2, 0.25) is 0 Å². The van der Waals surface area contributed by atoms with Gasteiger partial charge in [0.1, 0.15) is 0 Å². The van der Waals surface area contributed by atoms with E-state index < -0.39 is 23.3 Å². The van der Waals surface area contributed by atoms with Gasteiger partial charge in [0.15, 0.2) is 0 Å². The summed E-state index contributed by atoms with van der Waals surface area (Å²) < 4.78 is 5.40. The van der Waals surface area contributed by atoms with Gasteiger partial charge in [-0.05, 0) is 42.9 Å². The number of halogens is 2. The Morgan fingerprint density at radius 2 is 2.03 bits per heavy atom. The Bertz CT molecular complexity index is 758. The number of hydrogen-bond acceptors (Lipinski definition) is 5. The maximum atomic E-state index is 12.1. The van der Waals surface area contributed by atoms with Crippen LogP contribution in [0.25, 0.3) is 0 Å². The molecule has 1 saturated heterocycles. The highest BCUT2D eigenvalue weighted by molar-refractivity contribution is 6.30. The lowest BCUT2D eigenvalue weighted by Gasteiger charge is -2.61. The molecular weight excluding hydrogens is 429 g/mol. The van der Waals surface area contributed by atoms with E-state index in [0.29, 0.717) is 12.8 Å². The van der Waals surface area contributed by atoms with E-state index in [-0.39, 0.29) is 52.9 Å². The highest BCUT2D eigenvalue weighted by Crippen LogP contribution is 2.63. The largest absolute Gasteiger partial charge is 0.465 e. The molecule has 1 heterocycles. The first-order chi connectivity index (χ1) is 13.9. The van der Waals surface area contributed by atoms with Crippen LogP contribution >= 0.6 is 23.2 Å². The Balaban J connectivity index is 1.89. The molecule has 6 nitrogen and oxygen atoms in total. The van der Waals surface area contributed by atoms with Crippen molar-refractivity contribution in [1.82, 2.24) is 5.32 Å². The first-order valence-electron chi connectivity index (χ1n) is 10.5. The summed E-state index contributed by atoms with van der Waals surface area (Å²) in [5.41, 5.74) is 0.156. The van der Waals surface area contributed by atoms with E-state index in [0.717, 1.165) is 18.4 Å². The van der Waals surface area contributed by atoms with Crippen molar-refractivity contribution in [2.45, 2.75) is 69.7 Å². The fourth-order valence-corrected chi connectivity index (χ4v) is 7.13. The predicted octanol–water partition coefficient (Wildman–Crippen LogP) is 3.18. The van der Waals surface area contributed by atoms with Gasteiger partial charge < -0.3 is 9.84 Å². The second kappa shape index (κ2) is 8.44. The second-order valence-corrected chi connectivity index (χ2v) is 10.8. The van der Waals surface area contributed by atoms with Crippen molar-refractivity contribution in [1.29, 1.82) is 0 Å². The zero-order valence-electron chi connectivity index (χ0n) is 17.7. The highest BCUT2D eigenvalue weighted by Gasteiger charge is 2.61. The zero-order chi connectivity index (χ0) is 22.4. The monoisotopic (exact) mass is 459 g/mol. The molecular formula is C22H31Cl2NO5. The standard InChI is InChI=1S/C22H31Cl2NO5/c1-11-5-6-17-21(3,9-15(23)19(24)22(17,4)10-30-12(2)26)14(11)8-16(27)13-7-18(28)25-20(13)29/h13-17,19,27H,1,5-10H2,2-4H3,(H,25,28,29). The molecule has 2 amide bonds. The maximum Gasteiger partial charge on any atom is 0.302 e. The molecule has 0 aromatic carbocycles. The Hall–Kier alpha value is -1.11. The zero-order valence-corrected chi connectivity index (χ0v) is 19.3. The molecule has 1 aliphatic heterocycles. The molecule has 2 saturated carbocycles. The molecule has 8 unspecified atom stereocenters. The lowest BCUT2D eigenvalue weighted by atomic mass is 9.46. The van der Waals surface area contributed by atoms with Crippen molar-refractivity contribution in [3.05, 3.63) is 12.2 Å². The summed E-state index contributed by atoms with van der Waals surface area (Å²) in [7, 11) is 0. The molecule has 0 spiro atoms. The van der Waals surface area contributed by atoms with Crippen LogP contribution in [-0.2, 0) is 19.1 Å². The summed E-state index contributed by atoms with van der Waals surface area (Å²) in [6.07, 6.45) is 1.63. The molecule has 168 valence electrons. The minimum absolute atomic E-state index is 0.00535. The van der Waals surface area contributed by atoms with Gasteiger partial charge in [0.2, 0.25) is 11.8 Å². The number of fused-ring (bicyclic) bond motifs is 1. The topological polar surface area (TPSA) is 92.7 Å². The van der Waals surface area contributed by atoms with Crippen LogP contribution in [0.4, 0.5) is 0 Å². The third kappa shape index (κ3) is 4.03. The van der Waals surface area contributed by atoms with Gasteiger partial charge in [-0.1, -0.05) is 26.0 Å². The number of ether oxygens (including phenoxy) is 1. The normalized spacial score (nSPS) is 42.5. The number of allylic oxidation sites excluding steroid dienone is 1. The van der Waals surface area contributed by atoms with Crippen LogP contribution in [0, 0.1) is 28.6 Å². The fourth-order valence-electron chi connectivity index (χ4n) is 6.20. The van der Waals surface area contributed by atoms with E-state index in [2.05, 4.69) is 18.8 Å². The second-order valence-electron chi connectivity index (χ2n) is 9.74. The van der Waals surface area contributed by atoms with E-state index in [1.54, 1.807) is 0 Å². The van der Waals surface area contributed by atoms with Gasteiger partial charge in [0, 0.05) is 18.8 Å². The summed E-state index contributed by atoms with van der Waals surface area (Å²) >= 11 is 13.5. The van der Waals surface area contributed by atoms with Crippen LogP contribution in [0.1, 0.15) is 52.9 Å². The summed E-state index contributed by atoms with van der Waals surface area (Å²) in [5.74, 6) is -1.86. The van der Waals surface area contributed by atoms with Crippen LogP contribution in [0.3, 0.4) is 0 Å². The SMILES string of the molecule is C=C1CCC2C(C)(CC(Cl)C(Cl)C2(C)COC(C)=O)C1CC(O)C1CC(=O)NC1=O. The Labute approximate surface area is 187 Å². The van der Waals surface area contributed by atoms with Gasteiger partial charge in [-0.3, -0.25) is 19.7 Å². The van der Waals surface area contributed by atoms with E-state index in [1.165, 1.54) is 6.92 Å². The molecule has 8 atom stereocenters. The number of rotatable bonds is 5. The number of aliphatic hydroxyl groups is 1. The van der Waals surface area contributed by atoms with Crippen LogP contribution < -0.4 is 5.32 Å². The number of nitrogens with one attached hydrogen (secondary N) is 1. The minimum Gasteiger partial charge on any atom is -0.465 e. The lowest BCUT2D eigenvalue weighted by Crippen LogP contribution is -2.60. The minimum atomic E-state index is -0.948. The van der Waals surface area contributed by atoms with Crippen molar-refractivity contribution >= 4 is 41.0 Å². The number of imide groups is 1. The molecule has 0 radical (unpaired) electrons. The van der Waals surface area contributed by atoms with Crippen LogP contribution in [0.5, 0.6) is 0 Å². The molecule has 8 heteroatoms. The molecule has 0 bridgehead atoms. The van der Waals surface area contributed by atoms with Gasteiger partial charge >= 0.3 is 5.97 Å². The molecule has 2 N–H and O–H groups in total. The Kier molecular flexibility index (Phi) is 6.62. The molecule has 0 aromatic rings. The number of amides is 2. The van der Waals surface area contributed by atoms with Crippen molar-refractivity contribution in [2.75, 3.05) is 6.61 Å². The van der Waals surface area contributed by atoms with Gasteiger partial charge in [-0.25, -0.2) is 0 Å². The van der Waals surface area contributed by atoms with E-state index in [9.17, 15) is 19.5 Å². The van der Waals surface area contributed by atoms with E-state index in [1.807, 2.05) is 6.92 Å². The van der Waals surface area contributed by atoms with E-state index >= 15 is 0 Å². The summed E-state index contributed by atoms with van der Waals surface area (Å²) in [4.78, 5) is 35.1. The smallest absolute Gasteiger partial charge is 0.302 e. The number of hydrogen-bond donors (Lipinski definition) is 2. The highest BCUT2D eigenvalue weighted by atomic mass is 35.5. The number of esters is 1. The Morgan fingerprint density at radius 1 is 1.37 bits per heavy atom. The summed E-state index contributed by atoms with van der Waals surface area (Å²) in [6, 6.07) is 0. The predicted molar refractivity (Wildman–Crippen MR) is 114 cm³/mol. The van der Waals surface area contributed by atoms with Crippen molar-refractivity contribution in [3.63, 3.8) is 0 Å². The van der Waals surface area contributed by atoms with E-state index in [4.69, 9.17) is 27.9 Å². The molecule has 0 aromatic heterocycles. The van der Waals surface area contributed by atoms with Gasteiger partial charge in [0.25, 0.3) is 0 Å². The average molecular weight is 460 g/mol. The number of carbonyl (C=O) groups excluding carboxylic acids is 3. The molecule has 3 rings (SSSR count). The first-order valence-corrected chi connectivity index (χ1v) is 11.4. The lowest BCUT2D eigenvalue weighted by molar-refractivity contribution is -0.152. The average Bonchev–Trinajstić information content (AvgIpc) is 2.99. The van der Waals surface area contributed by atoms with Crippen molar-refractivity contribution in [2.24, 2.45) is 28.6 Å². The van der Waals surface area contributed by atoms with Gasteiger partial charge in [-0.15, -0.1) is 23.2 Å². The molecule has 3 fully saturated rings. The van der Waals surface area contributed by atoms with Crippen molar-refractivity contribution < 1.29 is 24.2 Å². The summed E-state index contributed by atoms with van der Waals surface area (Å²) in [6.45, 7) is 10.00. The van der Waals surface area contributed by atoms with Crippen LogP contribution in [0.15, 0.2) is 12.2 Å². The number of carbonyl (C=O) groups is 3. The van der Waals surface area contributed by atoms with Gasteiger partial charge in [-0.2, -0.15) is 0 Å². The van der Waals surface area contributed by atoms with Gasteiger partial charge in [0.05, 0.1) is 29.4 Å². The quantitative estimate of drug-likeness (QED) is 0.285. The number of aliphatic hydroxyl groups excluding tert-OH is 1. The third-order valence-corrected chi connectivity index (χ3v) is 9.09. The Morgan fingerprint density at radius 3 is 2.60 bits per heavy atom.